The van der Waals surface area contributed by atoms with Crippen LogP contribution in [0.4, 0.5) is 0 Å². The molecule has 1 aromatic heterocycles. The van der Waals surface area contributed by atoms with Gasteiger partial charge in [-0.15, -0.1) is 0 Å². The number of methoxy groups -OCH3 is 3. The first-order valence-electron chi connectivity index (χ1n) is 9.85. The Kier molecular flexibility index (Phi) is 5.96. The van der Waals surface area contributed by atoms with Gasteiger partial charge in [0.15, 0.2) is 4.80 Å². The number of benzene rings is 2. The molecule has 1 aliphatic heterocycles. The van der Waals surface area contributed by atoms with Gasteiger partial charge in [0.1, 0.15) is 11.5 Å². The van der Waals surface area contributed by atoms with Crippen LogP contribution in [0.3, 0.4) is 0 Å². The molecule has 4 rings (SSSR count). The summed E-state index contributed by atoms with van der Waals surface area (Å²) in [7, 11) is 4.51. The molecule has 0 saturated heterocycles. The van der Waals surface area contributed by atoms with Crippen LogP contribution in [-0.4, -0.2) is 31.9 Å². The molecule has 0 radical (unpaired) electrons. The van der Waals surface area contributed by atoms with Crippen LogP contribution in [0, 0.1) is 0 Å². The van der Waals surface area contributed by atoms with Crippen LogP contribution in [-0.2, 0) is 9.53 Å². The monoisotopic (exact) mass is 450 g/mol. The Morgan fingerprint density at radius 3 is 2.16 bits per heavy atom. The molecule has 1 atom stereocenters. The predicted molar refractivity (Wildman–Crippen MR) is 122 cm³/mol. The quantitative estimate of drug-likeness (QED) is 0.558. The maximum absolute atomic E-state index is 13.5. The number of nitrogens with zero attached hydrogens (tertiary/aromatic N) is 2. The van der Waals surface area contributed by atoms with E-state index in [2.05, 4.69) is 4.99 Å². The van der Waals surface area contributed by atoms with E-state index in [0.717, 1.165) is 16.9 Å². The molecule has 0 bridgehead atoms. The zero-order chi connectivity index (χ0) is 22.8. The molecule has 0 aliphatic carbocycles. The third kappa shape index (κ3) is 3.85. The van der Waals surface area contributed by atoms with Crippen molar-refractivity contribution in [1.82, 2.24) is 4.57 Å². The summed E-state index contributed by atoms with van der Waals surface area (Å²) in [6.45, 7) is 1.75. The van der Waals surface area contributed by atoms with Gasteiger partial charge in [-0.1, -0.05) is 35.6 Å². The summed E-state index contributed by atoms with van der Waals surface area (Å²) in [6, 6.07) is 14.1. The molecule has 2 heterocycles. The normalized spacial score (nSPS) is 15.8. The summed E-state index contributed by atoms with van der Waals surface area (Å²) >= 11 is 1.28. The molecule has 32 heavy (non-hydrogen) atoms. The lowest BCUT2D eigenvalue weighted by Gasteiger charge is -2.24. The fourth-order valence-corrected chi connectivity index (χ4v) is 4.69. The van der Waals surface area contributed by atoms with Crippen LogP contribution in [0.2, 0.25) is 0 Å². The van der Waals surface area contributed by atoms with Gasteiger partial charge in [-0.3, -0.25) is 9.36 Å². The van der Waals surface area contributed by atoms with Crippen molar-refractivity contribution in [2.45, 2.75) is 13.0 Å². The van der Waals surface area contributed by atoms with Crippen molar-refractivity contribution in [3.63, 3.8) is 0 Å². The van der Waals surface area contributed by atoms with Crippen LogP contribution in [0.15, 0.2) is 69.6 Å². The number of fused-ring (bicyclic) bond motifs is 1. The molecule has 0 amide bonds. The summed E-state index contributed by atoms with van der Waals surface area (Å²) in [5, 5.41) is 0. The molecule has 8 heteroatoms. The highest BCUT2D eigenvalue weighted by Crippen LogP contribution is 2.31. The maximum atomic E-state index is 13.5. The van der Waals surface area contributed by atoms with E-state index in [1.54, 1.807) is 37.8 Å². The van der Waals surface area contributed by atoms with Crippen LogP contribution < -0.4 is 24.4 Å². The highest BCUT2D eigenvalue weighted by atomic mass is 32.1. The molecule has 1 aliphatic rings. The zero-order valence-electron chi connectivity index (χ0n) is 18.1. The lowest BCUT2D eigenvalue weighted by atomic mass is 9.96. The number of hydrogen-bond donors (Lipinski definition) is 0. The van der Waals surface area contributed by atoms with Crippen molar-refractivity contribution in [2.75, 3.05) is 21.3 Å². The van der Waals surface area contributed by atoms with Gasteiger partial charge < -0.3 is 14.2 Å². The van der Waals surface area contributed by atoms with E-state index < -0.39 is 12.0 Å². The van der Waals surface area contributed by atoms with E-state index >= 15 is 0 Å². The van der Waals surface area contributed by atoms with E-state index in [0.29, 0.717) is 26.4 Å². The Hall–Kier alpha value is -3.65. The molecular weight excluding hydrogens is 428 g/mol. The molecule has 2 aromatic carbocycles. The van der Waals surface area contributed by atoms with Crippen molar-refractivity contribution in [3.8, 4) is 11.5 Å². The number of allylic oxidation sites excluding steroid dienone is 1. The summed E-state index contributed by atoms with van der Waals surface area (Å²) in [4.78, 5) is 31.2. The Labute approximate surface area is 188 Å². The van der Waals surface area contributed by atoms with Crippen molar-refractivity contribution < 1.29 is 19.0 Å². The first-order valence-corrected chi connectivity index (χ1v) is 10.7. The highest BCUT2D eigenvalue weighted by Gasteiger charge is 2.33. The smallest absolute Gasteiger partial charge is 0.338 e. The minimum atomic E-state index is -0.650. The number of esters is 1. The number of carbonyl (C=O) groups is 1. The summed E-state index contributed by atoms with van der Waals surface area (Å²) < 4.78 is 17.5. The number of aromatic nitrogens is 1. The first-order chi connectivity index (χ1) is 15.5. The Balaban J connectivity index is 1.92. The molecule has 0 unspecified atom stereocenters. The van der Waals surface area contributed by atoms with Crippen LogP contribution in [0.1, 0.15) is 24.1 Å². The van der Waals surface area contributed by atoms with Gasteiger partial charge in [-0.2, -0.15) is 0 Å². The molecule has 3 aromatic rings. The van der Waals surface area contributed by atoms with E-state index in [9.17, 15) is 9.59 Å². The van der Waals surface area contributed by atoms with Gasteiger partial charge in [0.25, 0.3) is 5.56 Å². The molecule has 0 spiro atoms. The summed E-state index contributed by atoms with van der Waals surface area (Å²) in [5.41, 5.74) is 2.26. The fraction of sp³-hybridized carbons (Fsp3) is 0.208. The number of rotatable bonds is 5. The number of hydrogen-bond acceptors (Lipinski definition) is 7. The number of thiazole rings is 1. The van der Waals surface area contributed by atoms with Gasteiger partial charge in [-0.05, 0) is 48.4 Å². The predicted octanol–water partition coefficient (Wildman–Crippen LogP) is 2.43. The minimum absolute atomic E-state index is 0.223. The van der Waals surface area contributed by atoms with Gasteiger partial charge in [-0.25, -0.2) is 9.79 Å². The van der Waals surface area contributed by atoms with Crippen molar-refractivity contribution in [1.29, 1.82) is 0 Å². The van der Waals surface area contributed by atoms with Crippen LogP contribution >= 0.6 is 11.3 Å². The minimum Gasteiger partial charge on any atom is -0.497 e. The van der Waals surface area contributed by atoms with Gasteiger partial charge in [0, 0.05) is 0 Å². The molecule has 0 saturated carbocycles. The molecule has 0 fully saturated rings. The molecule has 164 valence electrons. The van der Waals surface area contributed by atoms with Gasteiger partial charge in [0.2, 0.25) is 0 Å². The second-order valence-corrected chi connectivity index (χ2v) is 8.13. The topological polar surface area (TPSA) is 79.1 Å². The lowest BCUT2D eigenvalue weighted by molar-refractivity contribution is -0.136. The van der Waals surface area contributed by atoms with Crippen molar-refractivity contribution in [2.24, 2.45) is 4.99 Å². The number of carbonyl (C=O) groups excluding carboxylic acids is 1. The summed E-state index contributed by atoms with van der Waals surface area (Å²) in [5.74, 6) is 0.902. The van der Waals surface area contributed by atoms with Crippen LogP contribution in [0.25, 0.3) is 6.08 Å². The standard InChI is InChI=1S/C24H22N2O5S/c1-14-20(23(28)31-4)21(16-7-11-18(30-3)12-8-16)26-22(27)19(32-24(26)25-14)13-15-5-9-17(29-2)10-6-15/h5-13,21H,1-4H3/b19-13+/t21-/m0/s1. The van der Waals surface area contributed by atoms with Gasteiger partial charge in [0.05, 0.1) is 43.2 Å². The summed E-state index contributed by atoms with van der Waals surface area (Å²) in [6.07, 6.45) is 1.81. The third-order valence-corrected chi connectivity index (χ3v) is 6.26. The first kappa shape index (κ1) is 21.6. The molecular formula is C24H22N2O5S. The largest absolute Gasteiger partial charge is 0.497 e. The second-order valence-electron chi connectivity index (χ2n) is 7.12. The van der Waals surface area contributed by atoms with E-state index in [-0.39, 0.29) is 5.56 Å². The zero-order valence-corrected chi connectivity index (χ0v) is 18.9. The SMILES string of the molecule is COC(=O)C1=C(C)N=c2s/c(=C/c3ccc(OC)cc3)c(=O)n2[C@H]1c1ccc(OC)cc1. The fourth-order valence-electron chi connectivity index (χ4n) is 3.65. The number of ether oxygens (including phenoxy) is 3. The van der Waals surface area contributed by atoms with E-state index in [4.69, 9.17) is 14.2 Å². The molecule has 7 nitrogen and oxygen atoms in total. The van der Waals surface area contributed by atoms with Gasteiger partial charge >= 0.3 is 5.97 Å². The van der Waals surface area contributed by atoms with Crippen molar-refractivity contribution in [3.05, 3.63) is 90.6 Å². The lowest BCUT2D eigenvalue weighted by Crippen LogP contribution is -2.39. The Morgan fingerprint density at radius 2 is 1.59 bits per heavy atom. The highest BCUT2D eigenvalue weighted by molar-refractivity contribution is 7.07. The average molecular weight is 451 g/mol. The Bertz CT molecular complexity index is 1370. The maximum Gasteiger partial charge on any atom is 0.338 e. The molecule has 0 N–H and O–H groups in total. The van der Waals surface area contributed by atoms with E-state index in [1.165, 1.54) is 18.4 Å². The van der Waals surface area contributed by atoms with Crippen molar-refractivity contribution >= 4 is 23.4 Å². The Morgan fingerprint density at radius 1 is 1.00 bits per heavy atom. The second kappa shape index (κ2) is 8.84. The van der Waals surface area contributed by atoms with Crippen LogP contribution in [0.5, 0.6) is 11.5 Å². The van der Waals surface area contributed by atoms with E-state index in [1.807, 2.05) is 42.5 Å². The third-order valence-electron chi connectivity index (χ3n) is 5.27. The average Bonchev–Trinajstić information content (AvgIpc) is 3.12.